The third kappa shape index (κ3) is 3.97. The van der Waals surface area contributed by atoms with Crippen LogP contribution in [0, 0.1) is 5.92 Å². The molecule has 1 aromatic rings. The van der Waals surface area contributed by atoms with Crippen molar-refractivity contribution in [3.05, 3.63) is 29.8 Å². The summed E-state index contributed by atoms with van der Waals surface area (Å²) in [7, 11) is -1.91. The molecule has 1 fully saturated rings. The van der Waals surface area contributed by atoms with E-state index in [2.05, 4.69) is 0 Å². The largest absolute Gasteiger partial charge is 0.383 e. The second-order valence-electron chi connectivity index (χ2n) is 5.46. The minimum absolute atomic E-state index is 0.0119. The second kappa shape index (κ2) is 7.09. The molecular weight excluding hydrogens is 310 g/mol. The molecule has 1 aliphatic rings. The van der Waals surface area contributed by atoms with Crippen molar-refractivity contribution in [2.75, 3.05) is 20.3 Å². The summed E-state index contributed by atoms with van der Waals surface area (Å²) < 4.78 is 32.3. The second-order valence-corrected chi connectivity index (χ2v) is 7.62. The number of nitrogens with zero attached hydrogens (tertiary/aromatic N) is 1. The maximum atomic E-state index is 12.8. The molecule has 0 aliphatic heterocycles. The van der Waals surface area contributed by atoms with Gasteiger partial charge < -0.3 is 4.74 Å². The Labute approximate surface area is 132 Å². The molecule has 0 aromatic heterocycles. The van der Waals surface area contributed by atoms with E-state index >= 15 is 0 Å². The Hall–Kier alpha value is -0.620. The summed E-state index contributed by atoms with van der Waals surface area (Å²) in [6, 6.07) is 6.79. The smallest absolute Gasteiger partial charge is 0.243 e. The zero-order valence-corrected chi connectivity index (χ0v) is 14.0. The van der Waals surface area contributed by atoms with Crippen LogP contribution in [0.1, 0.15) is 25.3 Å². The fourth-order valence-electron chi connectivity index (χ4n) is 2.42. The summed E-state index contributed by atoms with van der Waals surface area (Å²) in [5.74, 6) is 0.852. The summed E-state index contributed by atoms with van der Waals surface area (Å²) in [4.78, 5) is 0.319. The van der Waals surface area contributed by atoms with Crippen molar-refractivity contribution in [2.45, 2.75) is 36.6 Å². The normalized spacial score (nSPS) is 17.1. The van der Waals surface area contributed by atoms with Crippen molar-refractivity contribution in [1.29, 1.82) is 0 Å². The van der Waals surface area contributed by atoms with Crippen molar-refractivity contribution < 1.29 is 13.2 Å². The van der Waals surface area contributed by atoms with E-state index < -0.39 is 10.0 Å². The Morgan fingerprint density at radius 2 is 1.95 bits per heavy atom. The molecule has 1 aromatic carbocycles. The van der Waals surface area contributed by atoms with Gasteiger partial charge in [-0.05, 0) is 43.4 Å². The average Bonchev–Trinajstić information content (AvgIpc) is 3.32. The van der Waals surface area contributed by atoms with E-state index in [0.717, 1.165) is 18.4 Å². The SMILES string of the molecule is COCCN(C(C)C1CC1)S(=O)(=O)c1ccc(CCl)cc1. The van der Waals surface area contributed by atoms with Gasteiger partial charge in [0.05, 0.1) is 11.5 Å². The fourth-order valence-corrected chi connectivity index (χ4v) is 4.28. The fraction of sp³-hybridized carbons (Fsp3) is 0.600. The molecule has 0 heterocycles. The number of rotatable bonds is 8. The predicted octanol–water partition coefficient (Wildman–Crippen LogP) is 2.86. The van der Waals surface area contributed by atoms with Gasteiger partial charge in [0, 0.05) is 25.6 Å². The van der Waals surface area contributed by atoms with E-state index in [0.29, 0.717) is 29.8 Å². The van der Waals surface area contributed by atoms with Gasteiger partial charge in [-0.25, -0.2) is 8.42 Å². The first-order chi connectivity index (χ1) is 10.0. The van der Waals surface area contributed by atoms with Crippen molar-refractivity contribution >= 4 is 21.6 Å². The molecule has 0 spiro atoms. The minimum atomic E-state index is -3.49. The van der Waals surface area contributed by atoms with Crippen molar-refractivity contribution in [3.8, 4) is 0 Å². The number of benzene rings is 1. The highest BCUT2D eigenvalue weighted by Gasteiger charge is 2.37. The van der Waals surface area contributed by atoms with Gasteiger partial charge in [0.1, 0.15) is 0 Å². The third-order valence-corrected chi connectivity index (χ3v) is 6.27. The van der Waals surface area contributed by atoms with Gasteiger partial charge >= 0.3 is 0 Å². The number of ether oxygens (including phenoxy) is 1. The van der Waals surface area contributed by atoms with Crippen LogP contribution in [0.15, 0.2) is 29.2 Å². The first kappa shape index (κ1) is 16.7. The molecule has 0 amide bonds. The number of hydrogen-bond donors (Lipinski definition) is 0. The van der Waals surface area contributed by atoms with Crippen LogP contribution >= 0.6 is 11.6 Å². The molecule has 2 rings (SSSR count). The minimum Gasteiger partial charge on any atom is -0.383 e. The molecule has 0 bridgehead atoms. The molecule has 1 atom stereocenters. The summed E-state index contributed by atoms with van der Waals surface area (Å²) in [6.07, 6.45) is 2.21. The number of hydrogen-bond acceptors (Lipinski definition) is 3. The van der Waals surface area contributed by atoms with E-state index in [-0.39, 0.29) is 6.04 Å². The van der Waals surface area contributed by atoms with Gasteiger partial charge in [-0.3, -0.25) is 0 Å². The maximum Gasteiger partial charge on any atom is 0.243 e. The highest BCUT2D eigenvalue weighted by atomic mass is 35.5. The van der Waals surface area contributed by atoms with Crippen molar-refractivity contribution in [3.63, 3.8) is 0 Å². The van der Waals surface area contributed by atoms with Crippen LogP contribution in [0.5, 0.6) is 0 Å². The van der Waals surface area contributed by atoms with E-state index in [1.165, 1.54) is 0 Å². The lowest BCUT2D eigenvalue weighted by atomic mass is 10.2. The molecule has 4 nitrogen and oxygen atoms in total. The highest BCUT2D eigenvalue weighted by Crippen LogP contribution is 2.37. The molecule has 0 radical (unpaired) electrons. The summed E-state index contributed by atoms with van der Waals surface area (Å²) >= 11 is 5.75. The summed E-state index contributed by atoms with van der Waals surface area (Å²) in [5, 5.41) is 0. The molecule has 1 unspecified atom stereocenters. The zero-order valence-electron chi connectivity index (χ0n) is 12.5. The Morgan fingerprint density at radius 3 is 2.43 bits per heavy atom. The van der Waals surface area contributed by atoms with Crippen molar-refractivity contribution in [2.24, 2.45) is 5.92 Å². The van der Waals surface area contributed by atoms with Crippen LogP contribution in [-0.2, 0) is 20.6 Å². The molecule has 118 valence electrons. The van der Waals surface area contributed by atoms with Crippen LogP contribution in [0.25, 0.3) is 0 Å². The summed E-state index contributed by atoms with van der Waals surface area (Å²) in [6.45, 7) is 2.77. The van der Waals surface area contributed by atoms with Crippen LogP contribution < -0.4 is 0 Å². The van der Waals surface area contributed by atoms with Crippen LogP contribution in [0.2, 0.25) is 0 Å². The lowest BCUT2D eigenvalue weighted by Gasteiger charge is -2.28. The number of methoxy groups -OCH3 is 1. The Balaban J connectivity index is 2.26. The first-order valence-corrected chi connectivity index (χ1v) is 9.14. The average molecular weight is 332 g/mol. The zero-order chi connectivity index (χ0) is 15.5. The molecule has 0 saturated heterocycles. The molecular formula is C15H22ClNO3S. The van der Waals surface area contributed by atoms with E-state index in [1.54, 1.807) is 35.7 Å². The van der Waals surface area contributed by atoms with Gasteiger partial charge in [0.25, 0.3) is 0 Å². The van der Waals surface area contributed by atoms with E-state index in [4.69, 9.17) is 16.3 Å². The number of halogens is 1. The van der Waals surface area contributed by atoms with Gasteiger partial charge in [0.15, 0.2) is 0 Å². The van der Waals surface area contributed by atoms with Crippen LogP contribution in [0.4, 0.5) is 0 Å². The monoisotopic (exact) mass is 331 g/mol. The van der Waals surface area contributed by atoms with Crippen LogP contribution in [0.3, 0.4) is 0 Å². The van der Waals surface area contributed by atoms with E-state index in [1.807, 2.05) is 6.92 Å². The first-order valence-electron chi connectivity index (χ1n) is 7.16. The molecule has 21 heavy (non-hydrogen) atoms. The molecule has 1 aliphatic carbocycles. The predicted molar refractivity (Wildman–Crippen MR) is 84.0 cm³/mol. The van der Waals surface area contributed by atoms with Gasteiger partial charge in [0.2, 0.25) is 10.0 Å². The molecule has 0 N–H and O–H groups in total. The molecule has 1 saturated carbocycles. The lowest BCUT2D eigenvalue weighted by molar-refractivity contribution is 0.164. The topological polar surface area (TPSA) is 46.6 Å². The van der Waals surface area contributed by atoms with Gasteiger partial charge in [-0.2, -0.15) is 4.31 Å². The molecule has 6 heteroatoms. The lowest BCUT2D eigenvalue weighted by Crippen LogP contribution is -2.41. The van der Waals surface area contributed by atoms with Crippen LogP contribution in [-0.4, -0.2) is 39.0 Å². The van der Waals surface area contributed by atoms with Crippen molar-refractivity contribution in [1.82, 2.24) is 4.31 Å². The Morgan fingerprint density at radius 1 is 1.33 bits per heavy atom. The maximum absolute atomic E-state index is 12.8. The number of sulfonamides is 1. The standard InChI is InChI=1S/C15H22ClNO3S/c1-12(14-5-6-14)17(9-10-20-2)21(18,19)15-7-3-13(11-16)4-8-15/h3-4,7-8,12,14H,5-6,9-11H2,1-2H3. The third-order valence-electron chi connectivity index (χ3n) is 3.96. The van der Waals surface area contributed by atoms with E-state index in [9.17, 15) is 8.42 Å². The quantitative estimate of drug-likeness (QED) is 0.688. The van der Waals surface area contributed by atoms with Gasteiger partial charge in [-0.15, -0.1) is 11.6 Å². The number of alkyl halides is 1. The summed E-state index contributed by atoms with van der Waals surface area (Å²) in [5.41, 5.74) is 0.911. The van der Waals surface area contributed by atoms with Gasteiger partial charge in [-0.1, -0.05) is 12.1 Å². The Bertz CT molecular complexity index is 555. The Kier molecular flexibility index (Phi) is 5.66. The highest BCUT2D eigenvalue weighted by molar-refractivity contribution is 7.89.